The molecule has 0 spiro atoms. The molecule has 1 atom stereocenters. The van der Waals surface area contributed by atoms with Crippen LogP contribution in [0, 0.1) is 0 Å². The summed E-state index contributed by atoms with van der Waals surface area (Å²) in [4.78, 5) is 26.2. The first kappa shape index (κ1) is 13.7. The summed E-state index contributed by atoms with van der Waals surface area (Å²) in [5, 5.41) is 2.74. The fourth-order valence-electron chi connectivity index (χ4n) is 2.59. The zero-order valence-corrected chi connectivity index (χ0v) is 11.9. The Hall–Kier alpha value is -2.24. The van der Waals surface area contributed by atoms with E-state index in [0.29, 0.717) is 17.1 Å². The smallest absolute Gasteiger partial charge is 0.252 e. The van der Waals surface area contributed by atoms with Gasteiger partial charge in [0.05, 0.1) is 0 Å². The number of hydrogen-bond acceptors (Lipinski definition) is 4. The summed E-state index contributed by atoms with van der Waals surface area (Å²) in [6, 6.07) is 4.46. The van der Waals surface area contributed by atoms with E-state index < -0.39 is 6.04 Å². The van der Waals surface area contributed by atoms with E-state index in [1.165, 1.54) is 0 Å². The predicted octanol–water partition coefficient (Wildman–Crippen LogP) is 1.16. The van der Waals surface area contributed by atoms with Crippen molar-refractivity contribution in [2.75, 3.05) is 19.9 Å². The lowest BCUT2D eigenvalue weighted by Crippen LogP contribution is -2.45. The summed E-state index contributed by atoms with van der Waals surface area (Å²) in [5.41, 5.74) is 0.459. The molecule has 1 aromatic rings. The van der Waals surface area contributed by atoms with Gasteiger partial charge in [-0.3, -0.25) is 9.59 Å². The molecule has 0 aliphatic carbocycles. The number of carbonyl (C=O) groups is 2. The van der Waals surface area contributed by atoms with Crippen molar-refractivity contribution in [2.24, 2.45) is 0 Å². The summed E-state index contributed by atoms with van der Waals surface area (Å²) in [5.74, 6) is 0.879. The molecular formula is C15H18N2O4. The zero-order chi connectivity index (χ0) is 14.8. The molecule has 2 amide bonds. The number of amides is 2. The fourth-order valence-corrected chi connectivity index (χ4v) is 2.59. The van der Waals surface area contributed by atoms with Gasteiger partial charge in [-0.2, -0.15) is 0 Å². The number of rotatable bonds is 3. The first-order valence-corrected chi connectivity index (χ1v) is 7.14. The Bertz CT molecular complexity index is 567. The maximum Gasteiger partial charge on any atom is 0.252 e. The molecule has 2 heterocycles. The molecular weight excluding hydrogens is 272 g/mol. The van der Waals surface area contributed by atoms with Gasteiger partial charge in [0, 0.05) is 18.7 Å². The number of nitrogens with zero attached hydrogens (tertiary/aromatic N) is 1. The molecule has 1 aromatic carbocycles. The predicted molar refractivity (Wildman–Crippen MR) is 75.3 cm³/mol. The summed E-state index contributed by atoms with van der Waals surface area (Å²) in [7, 11) is 0. The maximum absolute atomic E-state index is 12.2. The first-order chi connectivity index (χ1) is 10.1. The number of benzene rings is 1. The SMILES string of the molecule is C[C@@H](NC(=O)c1ccc2c(c1)OCO2)C(=O)N1CCCC1. The van der Waals surface area contributed by atoms with E-state index in [9.17, 15) is 9.59 Å². The Morgan fingerprint density at radius 3 is 2.67 bits per heavy atom. The molecule has 6 heteroatoms. The molecule has 0 aromatic heterocycles. The van der Waals surface area contributed by atoms with Gasteiger partial charge in [-0.15, -0.1) is 0 Å². The molecule has 21 heavy (non-hydrogen) atoms. The molecule has 2 aliphatic heterocycles. The van der Waals surface area contributed by atoms with Crippen LogP contribution in [-0.2, 0) is 4.79 Å². The third-order valence-corrected chi connectivity index (χ3v) is 3.77. The Labute approximate surface area is 123 Å². The van der Waals surface area contributed by atoms with E-state index in [2.05, 4.69) is 5.32 Å². The van der Waals surface area contributed by atoms with Crippen molar-refractivity contribution < 1.29 is 19.1 Å². The van der Waals surface area contributed by atoms with E-state index in [-0.39, 0.29) is 18.6 Å². The average molecular weight is 290 g/mol. The summed E-state index contributed by atoms with van der Waals surface area (Å²) in [6.07, 6.45) is 2.07. The van der Waals surface area contributed by atoms with E-state index in [4.69, 9.17) is 9.47 Å². The highest BCUT2D eigenvalue weighted by molar-refractivity contribution is 5.98. The quantitative estimate of drug-likeness (QED) is 0.907. The molecule has 0 unspecified atom stereocenters. The molecule has 112 valence electrons. The van der Waals surface area contributed by atoms with Gasteiger partial charge in [-0.1, -0.05) is 0 Å². The van der Waals surface area contributed by atoms with Crippen LogP contribution in [0.5, 0.6) is 11.5 Å². The second kappa shape index (κ2) is 5.63. The zero-order valence-electron chi connectivity index (χ0n) is 11.9. The molecule has 0 bridgehead atoms. The van der Waals surface area contributed by atoms with Gasteiger partial charge in [-0.25, -0.2) is 0 Å². The Morgan fingerprint density at radius 1 is 1.19 bits per heavy atom. The molecule has 3 rings (SSSR count). The van der Waals surface area contributed by atoms with E-state index in [1.807, 2.05) is 0 Å². The second-order valence-electron chi connectivity index (χ2n) is 5.30. The van der Waals surface area contributed by atoms with Crippen LogP contribution < -0.4 is 14.8 Å². The summed E-state index contributed by atoms with van der Waals surface area (Å²) < 4.78 is 10.5. The third kappa shape index (κ3) is 2.79. The number of nitrogens with one attached hydrogen (secondary N) is 1. The summed E-state index contributed by atoms with van der Waals surface area (Å²) in [6.45, 7) is 3.45. The number of likely N-dealkylation sites (tertiary alicyclic amines) is 1. The van der Waals surface area contributed by atoms with E-state index in [1.54, 1.807) is 30.0 Å². The minimum atomic E-state index is -0.527. The largest absolute Gasteiger partial charge is 0.454 e. The summed E-state index contributed by atoms with van der Waals surface area (Å²) >= 11 is 0. The van der Waals surface area contributed by atoms with Crippen molar-refractivity contribution in [3.63, 3.8) is 0 Å². The van der Waals surface area contributed by atoms with Gasteiger partial charge < -0.3 is 19.7 Å². The lowest BCUT2D eigenvalue weighted by Gasteiger charge is -2.21. The topological polar surface area (TPSA) is 67.9 Å². The molecule has 1 N–H and O–H groups in total. The molecule has 0 radical (unpaired) electrons. The minimum Gasteiger partial charge on any atom is -0.454 e. The third-order valence-electron chi connectivity index (χ3n) is 3.77. The highest BCUT2D eigenvalue weighted by Gasteiger charge is 2.25. The lowest BCUT2D eigenvalue weighted by molar-refractivity contribution is -0.131. The highest BCUT2D eigenvalue weighted by atomic mass is 16.7. The normalized spacial score (nSPS) is 17.7. The fraction of sp³-hybridized carbons (Fsp3) is 0.467. The van der Waals surface area contributed by atoms with Gasteiger partial charge in [-0.05, 0) is 38.0 Å². The van der Waals surface area contributed by atoms with E-state index in [0.717, 1.165) is 25.9 Å². The lowest BCUT2D eigenvalue weighted by atomic mass is 10.1. The monoisotopic (exact) mass is 290 g/mol. The van der Waals surface area contributed by atoms with Gasteiger partial charge in [0.2, 0.25) is 12.7 Å². The van der Waals surface area contributed by atoms with Gasteiger partial charge >= 0.3 is 0 Å². The van der Waals surface area contributed by atoms with Crippen LogP contribution in [0.25, 0.3) is 0 Å². The molecule has 1 fully saturated rings. The standard InChI is InChI=1S/C15H18N2O4/c1-10(15(19)17-6-2-3-7-17)16-14(18)11-4-5-12-13(8-11)21-9-20-12/h4-5,8,10H,2-3,6-7,9H2,1H3,(H,16,18)/t10-/m1/s1. The Balaban J connectivity index is 1.64. The molecule has 0 saturated carbocycles. The van der Waals surface area contributed by atoms with Crippen molar-refractivity contribution in [1.29, 1.82) is 0 Å². The number of hydrogen-bond donors (Lipinski definition) is 1. The van der Waals surface area contributed by atoms with Gasteiger partial charge in [0.25, 0.3) is 5.91 Å². The van der Waals surface area contributed by atoms with Crippen molar-refractivity contribution in [1.82, 2.24) is 10.2 Å². The van der Waals surface area contributed by atoms with Gasteiger partial charge in [0.1, 0.15) is 6.04 Å². The van der Waals surface area contributed by atoms with Crippen molar-refractivity contribution >= 4 is 11.8 Å². The van der Waals surface area contributed by atoms with Crippen LogP contribution in [0.4, 0.5) is 0 Å². The highest BCUT2D eigenvalue weighted by Crippen LogP contribution is 2.32. The van der Waals surface area contributed by atoms with Crippen LogP contribution in [0.1, 0.15) is 30.1 Å². The van der Waals surface area contributed by atoms with Crippen LogP contribution in [-0.4, -0.2) is 42.6 Å². The Morgan fingerprint density at radius 2 is 1.90 bits per heavy atom. The molecule has 1 saturated heterocycles. The van der Waals surface area contributed by atoms with Crippen LogP contribution in [0.3, 0.4) is 0 Å². The average Bonchev–Trinajstić information content (AvgIpc) is 3.16. The van der Waals surface area contributed by atoms with Crippen LogP contribution in [0.2, 0.25) is 0 Å². The Kier molecular flexibility index (Phi) is 3.68. The minimum absolute atomic E-state index is 0.0263. The number of ether oxygens (including phenoxy) is 2. The second-order valence-corrected chi connectivity index (χ2v) is 5.30. The van der Waals surface area contributed by atoms with Crippen LogP contribution in [0.15, 0.2) is 18.2 Å². The number of carbonyl (C=O) groups excluding carboxylic acids is 2. The van der Waals surface area contributed by atoms with Crippen molar-refractivity contribution in [3.8, 4) is 11.5 Å². The van der Waals surface area contributed by atoms with Gasteiger partial charge in [0.15, 0.2) is 11.5 Å². The maximum atomic E-state index is 12.2. The molecule has 2 aliphatic rings. The van der Waals surface area contributed by atoms with Crippen molar-refractivity contribution in [2.45, 2.75) is 25.8 Å². The van der Waals surface area contributed by atoms with Crippen LogP contribution >= 0.6 is 0 Å². The van der Waals surface area contributed by atoms with E-state index >= 15 is 0 Å². The number of fused-ring (bicyclic) bond motifs is 1. The molecule has 6 nitrogen and oxygen atoms in total. The first-order valence-electron chi connectivity index (χ1n) is 7.14. The van der Waals surface area contributed by atoms with Crippen molar-refractivity contribution in [3.05, 3.63) is 23.8 Å².